The lowest BCUT2D eigenvalue weighted by Crippen LogP contribution is -2.03. The highest BCUT2D eigenvalue weighted by atomic mass is 15.1. The van der Waals surface area contributed by atoms with Gasteiger partial charge in [-0.15, -0.1) is 0 Å². The minimum absolute atomic E-state index is 0.727. The summed E-state index contributed by atoms with van der Waals surface area (Å²) in [5.41, 5.74) is 2.02. The van der Waals surface area contributed by atoms with E-state index in [1.807, 2.05) is 40.7 Å². The Labute approximate surface area is 80.6 Å². The summed E-state index contributed by atoms with van der Waals surface area (Å²) in [5.74, 6) is 0.727. The van der Waals surface area contributed by atoms with Crippen LogP contribution in [0.2, 0.25) is 0 Å². The Hall–Kier alpha value is -1.12. The minimum atomic E-state index is 0.727. The third kappa shape index (κ3) is 4.45. The van der Waals surface area contributed by atoms with E-state index in [1.54, 1.807) is 0 Å². The molecular weight excluding hydrogens is 162 g/mol. The second kappa shape index (κ2) is 6.40. The molecule has 0 radical (unpaired) electrons. The van der Waals surface area contributed by atoms with Crippen LogP contribution in [-0.2, 0) is 0 Å². The lowest BCUT2D eigenvalue weighted by atomic mass is 10.4. The topological polar surface area (TPSA) is 37.8 Å². The van der Waals surface area contributed by atoms with Crippen LogP contribution >= 0.6 is 0 Å². The van der Waals surface area contributed by atoms with E-state index in [-0.39, 0.29) is 0 Å². The van der Waals surface area contributed by atoms with Crippen molar-refractivity contribution >= 4 is 5.95 Å². The molecule has 1 N–H and O–H groups in total. The molecule has 1 heterocycles. The number of aromatic nitrogens is 2. The summed E-state index contributed by atoms with van der Waals surface area (Å²) in [7, 11) is 0. The first-order valence-corrected chi connectivity index (χ1v) is 4.78. The largest absolute Gasteiger partial charge is 0.354 e. The highest BCUT2D eigenvalue weighted by molar-refractivity contribution is 5.26. The molecule has 1 aromatic rings. The van der Waals surface area contributed by atoms with Crippen molar-refractivity contribution in [2.24, 2.45) is 0 Å². The number of aryl methyl sites for hydroxylation is 2. The summed E-state index contributed by atoms with van der Waals surface area (Å²) in [6.07, 6.45) is 0. The van der Waals surface area contributed by atoms with E-state index in [0.717, 1.165) is 23.9 Å². The van der Waals surface area contributed by atoms with E-state index in [0.29, 0.717) is 0 Å². The van der Waals surface area contributed by atoms with Crippen LogP contribution in [0.25, 0.3) is 0 Å². The summed E-state index contributed by atoms with van der Waals surface area (Å²) < 4.78 is 0. The van der Waals surface area contributed by atoms with Gasteiger partial charge in [0.05, 0.1) is 0 Å². The van der Waals surface area contributed by atoms with Crippen molar-refractivity contribution in [2.75, 3.05) is 11.9 Å². The van der Waals surface area contributed by atoms with Gasteiger partial charge in [0.2, 0.25) is 5.95 Å². The van der Waals surface area contributed by atoms with Crippen molar-refractivity contribution in [3.63, 3.8) is 0 Å². The number of hydrogen-bond acceptors (Lipinski definition) is 3. The first-order chi connectivity index (χ1) is 6.22. The molecule has 0 saturated heterocycles. The van der Waals surface area contributed by atoms with Gasteiger partial charge in [-0.3, -0.25) is 0 Å². The predicted octanol–water partition coefficient (Wildman–Crippen LogP) is 2.55. The highest BCUT2D eigenvalue weighted by Gasteiger charge is 1.95. The molecule has 0 aliphatic heterocycles. The van der Waals surface area contributed by atoms with Gasteiger partial charge in [-0.1, -0.05) is 13.8 Å². The molecule has 0 spiro atoms. The molecule has 0 unspecified atom stereocenters. The zero-order valence-electron chi connectivity index (χ0n) is 9.18. The molecule has 0 fully saturated rings. The van der Waals surface area contributed by atoms with Crippen molar-refractivity contribution in [1.29, 1.82) is 0 Å². The number of hydrogen-bond donors (Lipinski definition) is 1. The van der Waals surface area contributed by atoms with Crippen molar-refractivity contribution in [1.82, 2.24) is 9.97 Å². The Balaban J connectivity index is 0.000000671. The van der Waals surface area contributed by atoms with Crippen LogP contribution in [0.3, 0.4) is 0 Å². The third-order valence-electron chi connectivity index (χ3n) is 1.32. The maximum Gasteiger partial charge on any atom is 0.223 e. The van der Waals surface area contributed by atoms with Gasteiger partial charge < -0.3 is 5.32 Å². The lowest BCUT2D eigenvalue weighted by molar-refractivity contribution is 1.02. The molecule has 1 aromatic heterocycles. The van der Waals surface area contributed by atoms with Crippen LogP contribution in [0.15, 0.2) is 6.07 Å². The lowest BCUT2D eigenvalue weighted by Gasteiger charge is -2.02. The number of nitrogens with zero attached hydrogens (tertiary/aromatic N) is 2. The van der Waals surface area contributed by atoms with Gasteiger partial charge in [0.1, 0.15) is 0 Å². The molecule has 3 nitrogen and oxygen atoms in total. The monoisotopic (exact) mass is 181 g/mol. The third-order valence-corrected chi connectivity index (χ3v) is 1.32. The Morgan fingerprint density at radius 3 is 2.00 bits per heavy atom. The first-order valence-electron chi connectivity index (χ1n) is 4.78. The fourth-order valence-corrected chi connectivity index (χ4v) is 0.963. The molecule has 0 amide bonds. The SMILES string of the molecule is CC.CCNc1nc(C)cc(C)n1. The zero-order valence-corrected chi connectivity index (χ0v) is 9.18. The fourth-order valence-electron chi connectivity index (χ4n) is 0.963. The van der Waals surface area contributed by atoms with Gasteiger partial charge in [-0.2, -0.15) is 0 Å². The second-order valence-electron chi connectivity index (χ2n) is 2.50. The first kappa shape index (κ1) is 11.9. The Morgan fingerprint density at radius 1 is 1.15 bits per heavy atom. The van der Waals surface area contributed by atoms with E-state index >= 15 is 0 Å². The molecule has 3 heteroatoms. The van der Waals surface area contributed by atoms with E-state index in [9.17, 15) is 0 Å². The molecule has 1 rings (SSSR count). The summed E-state index contributed by atoms with van der Waals surface area (Å²) in [6, 6.07) is 1.96. The average Bonchev–Trinajstić information content (AvgIpc) is 2.06. The van der Waals surface area contributed by atoms with Gasteiger partial charge >= 0.3 is 0 Å². The Kier molecular flexibility index (Phi) is 5.85. The van der Waals surface area contributed by atoms with Crippen molar-refractivity contribution in [3.05, 3.63) is 17.5 Å². The highest BCUT2D eigenvalue weighted by Crippen LogP contribution is 2.02. The van der Waals surface area contributed by atoms with Gasteiger partial charge in [-0.05, 0) is 26.8 Å². The van der Waals surface area contributed by atoms with Gasteiger partial charge in [0.25, 0.3) is 0 Å². The summed E-state index contributed by atoms with van der Waals surface area (Å²) in [4.78, 5) is 8.40. The fraction of sp³-hybridized carbons (Fsp3) is 0.600. The standard InChI is InChI=1S/C8H13N3.C2H6/c1-4-9-8-10-6(2)5-7(3)11-8;1-2/h5H,4H2,1-3H3,(H,9,10,11);1-2H3. The van der Waals surface area contributed by atoms with Gasteiger partial charge in [0, 0.05) is 17.9 Å². The molecule has 0 aliphatic carbocycles. The Morgan fingerprint density at radius 2 is 1.62 bits per heavy atom. The molecule has 74 valence electrons. The van der Waals surface area contributed by atoms with Crippen LogP contribution in [-0.4, -0.2) is 16.5 Å². The van der Waals surface area contributed by atoms with E-state index in [2.05, 4.69) is 15.3 Å². The molecule has 13 heavy (non-hydrogen) atoms. The molecule has 0 aliphatic rings. The molecular formula is C10H19N3. The summed E-state index contributed by atoms with van der Waals surface area (Å²) in [5, 5.41) is 3.07. The van der Waals surface area contributed by atoms with Gasteiger partial charge in [-0.25, -0.2) is 9.97 Å². The van der Waals surface area contributed by atoms with Crippen molar-refractivity contribution in [3.8, 4) is 0 Å². The second-order valence-corrected chi connectivity index (χ2v) is 2.50. The smallest absolute Gasteiger partial charge is 0.223 e. The Bertz CT molecular complexity index is 226. The minimum Gasteiger partial charge on any atom is -0.354 e. The number of nitrogens with one attached hydrogen (secondary N) is 1. The van der Waals surface area contributed by atoms with Gasteiger partial charge in [0.15, 0.2) is 0 Å². The van der Waals surface area contributed by atoms with E-state index in [4.69, 9.17) is 0 Å². The van der Waals surface area contributed by atoms with Crippen molar-refractivity contribution in [2.45, 2.75) is 34.6 Å². The van der Waals surface area contributed by atoms with Crippen LogP contribution in [0.1, 0.15) is 32.2 Å². The van der Waals surface area contributed by atoms with E-state index in [1.165, 1.54) is 0 Å². The molecule has 0 bridgehead atoms. The van der Waals surface area contributed by atoms with Crippen LogP contribution in [0.4, 0.5) is 5.95 Å². The van der Waals surface area contributed by atoms with E-state index < -0.39 is 0 Å². The summed E-state index contributed by atoms with van der Waals surface area (Å²) >= 11 is 0. The number of rotatable bonds is 2. The quantitative estimate of drug-likeness (QED) is 0.762. The van der Waals surface area contributed by atoms with Crippen LogP contribution in [0.5, 0.6) is 0 Å². The maximum atomic E-state index is 4.20. The molecule has 0 atom stereocenters. The zero-order chi connectivity index (χ0) is 10.3. The predicted molar refractivity (Wildman–Crippen MR) is 57.0 cm³/mol. The number of anilines is 1. The van der Waals surface area contributed by atoms with Crippen molar-refractivity contribution < 1.29 is 0 Å². The molecule has 0 saturated carbocycles. The average molecular weight is 181 g/mol. The van der Waals surface area contributed by atoms with Crippen LogP contribution in [0, 0.1) is 13.8 Å². The maximum absolute atomic E-state index is 4.20. The normalized spacial score (nSPS) is 8.69. The molecule has 0 aromatic carbocycles. The summed E-state index contributed by atoms with van der Waals surface area (Å²) in [6.45, 7) is 10.8. The van der Waals surface area contributed by atoms with Crippen LogP contribution < -0.4 is 5.32 Å².